The molecule has 9 nitrogen and oxygen atoms in total. The van der Waals surface area contributed by atoms with Crippen LogP contribution in [0.2, 0.25) is 10.0 Å². The Morgan fingerprint density at radius 3 is 2.52 bits per heavy atom. The minimum Gasteiger partial charge on any atom is -0.490 e. The Bertz CT molecular complexity index is 1350. The molecular formula is C21H16BrCl2N3O6. The third kappa shape index (κ3) is 6.04. The molecule has 0 unspecified atom stereocenters. The highest BCUT2D eigenvalue weighted by Gasteiger charge is 2.19. The van der Waals surface area contributed by atoms with Crippen molar-refractivity contribution in [2.45, 2.75) is 13.5 Å². The van der Waals surface area contributed by atoms with E-state index in [0.717, 1.165) is 5.56 Å². The smallest absolute Gasteiger partial charge is 0.357 e. The van der Waals surface area contributed by atoms with Gasteiger partial charge in [0.1, 0.15) is 12.3 Å². The van der Waals surface area contributed by atoms with Crippen molar-refractivity contribution in [3.05, 3.63) is 92.6 Å². The topological polar surface area (TPSA) is 127 Å². The predicted octanol–water partition coefficient (Wildman–Crippen LogP) is 5.19. The van der Waals surface area contributed by atoms with Gasteiger partial charge in [-0.05, 0) is 64.3 Å². The van der Waals surface area contributed by atoms with Gasteiger partial charge >= 0.3 is 16.9 Å². The molecule has 0 amide bonds. The summed E-state index contributed by atoms with van der Waals surface area (Å²) < 4.78 is 12.2. The molecule has 0 fully saturated rings. The first kappa shape index (κ1) is 24.6. The fraction of sp³-hybridized carbons (Fsp3) is 0.143. The Hall–Kier alpha value is -3.08. The molecule has 2 N–H and O–H groups in total. The summed E-state index contributed by atoms with van der Waals surface area (Å²) in [6.45, 7) is 2.37. The highest BCUT2D eigenvalue weighted by atomic mass is 79.9. The van der Waals surface area contributed by atoms with Gasteiger partial charge in [0, 0.05) is 0 Å². The lowest BCUT2D eigenvalue weighted by Crippen LogP contribution is -2.25. The van der Waals surface area contributed by atoms with Crippen molar-refractivity contribution in [2.24, 2.45) is 0 Å². The van der Waals surface area contributed by atoms with Crippen molar-refractivity contribution < 1.29 is 14.4 Å². The first-order valence-electron chi connectivity index (χ1n) is 9.41. The van der Waals surface area contributed by atoms with Gasteiger partial charge < -0.3 is 14.5 Å². The lowest BCUT2D eigenvalue weighted by molar-refractivity contribution is -0.386. The van der Waals surface area contributed by atoms with Crippen molar-refractivity contribution in [3.8, 4) is 11.5 Å². The van der Waals surface area contributed by atoms with Gasteiger partial charge in [0.15, 0.2) is 11.5 Å². The number of rotatable bonds is 8. The highest BCUT2D eigenvalue weighted by molar-refractivity contribution is 9.10. The minimum absolute atomic E-state index is 0.199. The number of nitrogens with zero attached hydrogens (tertiary/aromatic N) is 1. The van der Waals surface area contributed by atoms with Crippen LogP contribution >= 0.6 is 39.1 Å². The summed E-state index contributed by atoms with van der Waals surface area (Å²) in [5.74, 6) is 0.858. The molecule has 0 bridgehead atoms. The van der Waals surface area contributed by atoms with E-state index in [9.17, 15) is 19.7 Å². The summed E-state index contributed by atoms with van der Waals surface area (Å²) in [6, 6.07) is 8.51. The van der Waals surface area contributed by atoms with E-state index in [0.29, 0.717) is 38.2 Å². The maximum absolute atomic E-state index is 11.8. The van der Waals surface area contributed by atoms with Gasteiger partial charge in [-0.15, -0.1) is 0 Å². The number of aromatic amines is 2. The Labute approximate surface area is 205 Å². The largest absolute Gasteiger partial charge is 0.490 e. The van der Waals surface area contributed by atoms with Crippen LogP contribution in [0.1, 0.15) is 23.7 Å². The summed E-state index contributed by atoms with van der Waals surface area (Å²) in [5, 5.41) is 12.1. The fourth-order valence-electron chi connectivity index (χ4n) is 2.85. The zero-order valence-corrected chi connectivity index (χ0v) is 20.1. The average Bonchev–Trinajstić information content (AvgIpc) is 2.73. The van der Waals surface area contributed by atoms with Crippen LogP contribution in [0.4, 0.5) is 5.69 Å². The highest BCUT2D eigenvalue weighted by Crippen LogP contribution is 2.38. The monoisotopic (exact) mass is 555 g/mol. The molecule has 1 heterocycles. The maximum Gasteiger partial charge on any atom is 0.357 e. The molecule has 12 heteroatoms. The van der Waals surface area contributed by atoms with E-state index in [-0.39, 0.29) is 12.3 Å². The maximum atomic E-state index is 11.8. The van der Waals surface area contributed by atoms with E-state index in [1.807, 2.05) is 11.9 Å². The van der Waals surface area contributed by atoms with Crippen LogP contribution in [-0.2, 0) is 6.61 Å². The molecule has 0 aliphatic heterocycles. The summed E-state index contributed by atoms with van der Waals surface area (Å²) >= 11 is 15.4. The lowest BCUT2D eigenvalue weighted by Gasteiger charge is -2.15. The van der Waals surface area contributed by atoms with Crippen LogP contribution in [0.25, 0.3) is 12.2 Å². The van der Waals surface area contributed by atoms with Gasteiger partial charge in [-0.3, -0.25) is 19.9 Å². The van der Waals surface area contributed by atoms with Crippen molar-refractivity contribution in [1.29, 1.82) is 0 Å². The third-order valence-electron chi connectivity index (χ3n) is 4.27. The molecule has 0 saturated heterocycles. The number of halogens is 3. The molecule has 172 valence electrons. The minimum atomic E-state index is -1.09. The van der Waals surface area contributed by atoms with Crippen LogP contribution < -0.4 is 20.7 Å². The number of nitro groups is 1. The number of nitrogens with one attached hydrogen (secondary N) is 2. The van der Waals surface area contributed by atoms with Crippen molar-refractivity contribution >= 4 is 57.0 Å². The van der Waals surface area contributed by atoms with Gasteiger partial charge in [0.05, 0.1) is 26.0 Å². The summed E-state index contributed by atoms with van der Waals surface area (Å²) in [6.07, 6.45) is 2.76. The molecule has 33 heavy (non-hydrogen) atoms. The zero-order valence-electron chi connectivity index (χ0n) is 17.0. The molecule has 0 spiro atoms. The van der Waals surface area contributed by atoms with Crippen molar-refractivity contribution in [3.63, 3.8) is 0 Å². The Morgan fingerprint density at radius 1 is 1.09 bits per heavy atom. The standard InChI is InChI=1S/C21H16BrCl2N3O6/c1-2-32-17-9-11(4-6-16-18(27(30)31)20(28)26-21(29)25-16)7-13(22)19(17)33-10-12-3-5-14(23)15(24)8-12/h3-9H,2,10H2,1H3,(H2,25,26,28,29)/b6-4-. The number of H-pyrrole nitrogens is 2. The van der Waals surface area contributed by atoms with Crippen LogP contribution in [-0.4, -0.2) is 21.5 Å². The second-order valence-electron chi connectivity index (χ2n) is 6.56. The number of aromatic nitrogens is 2. The van der Waals surface area contributed by atoms with Crippen LogP contribution in [0.5, 0.6) is 11.5 Å². The summed E-state index contributed by atoms with van der Waals surface area (Å²) in [7, 11) is 0. The normalized spacial score (nSPS) is 11.0. The van der Waals surface area contributed by atoms with E-state index in [1.54, 1.807) is 30.3 Å². The first-order valence-corrected chi connectivity index (χ1v) is 11.0. The quantitative estimate of drug-likeness (QED) is 0.290. The second-order valence-corrected chi connectivity index (χ2v) is 8.23. The zero-order chi connectivity index (χ0) is 24.1. The number of benzene rings is 2. The predicted molar refractivity (Wildman–Crippen MR) is 129 cm³/mol. The van der Waals surface area contributed by atoms with Gasteiger partial charge in [-0.2, -0.15) is 0 Å². The van der Waals surface area contributed by atoms with E-state index >= 15 is 0 Å². The second kappa shape index (κ2) is 10.7. The molecule has 0 aliphatic rings. The van der Waals surface area contributed by atoms with E-state index < -0.39 is 21.9 Å². The number of hydrogen-bond acceptors (Lipinski definition) is 6. The van der Waals surface area contributed by atoms with Crippen LogP contribution in [0.15, 0.2) is 44.4 Å². The third-order valence-corrected chi connectivity index (χ3v) is 5.60. The SMILES string of the molecule is CCOc1cc(/C=C\c2[nH]c(=O)[nH]c(=O)c2[N+](=O)[O-])cc(Br)c1OCc1ccc(Cl)c(Cl)c1. The van der Waals surface area contributed by atoms with Gasteiger partial charge in [-0.1, -0.05) is 35.3 Å². The molecule has 2 aromatic carbocycles. The van der Waals surface area contributed by atoms with Gasteiger partial charge in [0.25, 0.3) is 0 Å². The molecule has 0 aliphatic carbocycles. The molecule has 1 aromatic heterocycles. The average molecular weight is 557 g/mol. The van der Waals surface area contributed by atoms with Crippen molar-refractivity contribution in [1.82, 2.24) is 9.97 Å². The Kier molecular flexibility index (Phi) is 7.96. The summed E-state index contributed by atoms with van der Waals surface area (Å²) in [4.78, 5) is 37.7. The van der Waals surface area contributed by atoms with Gasteiger partial charge in [-0.25, -0.2) is 4.79 Å². The Balaban J connectivity index is 1.93. The lowest BCUT2D eigenvalue weighted by atomic mass is 10.1. The van der Waals surface area contributed by atoms with E-state index in [2.05, 4.69) is 20.9 Å². The summed E-state index contributed by atoms with van der Waals surface area (Å²) in [5.41, 5.74) is -1.58. The molecule has 3 rings (SSSR count). The van der Waals surface area contributed by atoms with Gasteiger partial charge in [0.2, 0.25) is 0 Å². The first-order chi connectivity index (χ1) is 15.7. The van der Waals surface area contributed by atoms with E-state index in [1.165, 1.54) is 12.2 Å². The van der Waals surface area contributed by atoms with E-state index in [4.69, 9.17) is 32.7 Å². The molecule has 0 radical (unpaired) electrons. The number of ether oxygens (including phenoxy) is 2. The number of hydrogen-bond donors (Lipinski definition) is 2. The van der Waals surface area contributed by atoms with Crippen LogP contribution in [0.3, 0.4) is 0 Å². The van der Waals surface area contributed by atoms with Crippen LogP contribution in [0, 0.1) is 10.1 Å². The molecular weight excluding hydrogens is 541 g/mol. The Morgan fingerprint density at radius 2 is 1.85 bits per heavy atom. The van der Waals surface area contributed by atoms with Crippen molar-refractivity contribution in [2.75, 3.05) is 6.61 Å². The molecule has 0 saturated carbocycles. The molecule has 0 atom stereocenters. The molecule has 3 aromatic rings. The fourth-order valence-corrected chi connectivity index (χ4v) is 3.75.